The van der Waals surface area contributed by atoms with Gasteiger partial charge < -0.3 is 19.7 Å². The zero-order chi connectivity index (χ0) is 27.5. The molecule has 2 aliphatic rings. The average Bonchev–Trinajstić information content (AvgIpc) is 2.88. The van der Waals surface area contributed by atoms with E-state index < -0.39 is 11.0 Å². The molecule has 0 bridgehead atoms. The number of amides is 2. The molecule has 0 unspecified atom stereocenters. The quantitative estimate of drug-likeness (QED) is 0.557. The third kappa shape index (κ3) is 6.72. The summed E-state index contributed by atoms with van der Waals surface area (Å²) in [6.07, 6.45) is 1.75. The molecule has 2 aromatic rings. The van der Waals surface area contributed by atoms with Gasteiger partial charge in [-0.25, -0.2) is 9.59 Å². The molecule has 2 aromatic carbocycles. The van der Waals surface area contributed by atoms with E-state index in [-0.39, 0.29) is 18.0 Å². The molecule has 38 heavy (non-hydrogen) atoms. The van der Waals surface area contributed by atoms with Crippen LogP contribution in [-0.2, 0) is 33.8 Å². The van der Waals surface area contributed by atoms with Crippen LogP contribution in [0.25, 0.3) is 0 Å². The van der Waals surface area contributed by atoms with Gasteiger partial charge in [0.25, 0.3) is 0 Å². The topological polar surface area (TPSA) is 88.2 Å². The maximum atomic E-state index is 13.1. The minimum absolute atomic E-state index is 0.0203. The van der Waals surface area contributed by atoms with Crippen LogP contribution in [0.4, 0.5) is 10.5 Å². The molecule has 0 aliphatic carbocycles. The molecule has 4 rings (SSSR count). The first-order valence-electron chi connectivity index (χ1n) is 13.3. The number of carbonyl (C=O) groups excluding carboxylic acids is 3. The standard InChI is InChI=1S/C30H39N3O5/c1-29(2,3)38-28(36)33-16-13-30(4,14-17-33)27(35)31-25-10-6-21(7-11-25)19-32-15-12-22-18-23(26(34)37-5)8-9-24(22)20-32/h6-11,18H,12-17,19-20H2,1-5H3,(H,31,35). The Kier molecular flexibility index (Phi) is 8.11. The summed E-state index contributed by atoms with van der Waals surface area (Å²) in [5.74, 6) is -0.323. The van der Waals surface area contributed by atoms with Crippen LogP contribution in [-0.4, -0.2) is 60.1 Å². The van der Waals surface area contributed by atoms with Gasteiger partial charge in [0.15, 0.2) is 0 Å². The van der Waals surface area contributed by atoms with Gasteiger partial charge in [-0.15, -0.1) is 0 Å². The van der Waals surface area contributed by atoms with Crippen LogP contribution in [0.2, 0.25) is 0 Å². The van der Waals surface area contributed by atoms with E-state index in [1.54, 1.807) is 4.90 Å². The Hall–Kier alpha value is -3.39. The van der Waals surface area contributed by atoms with Crippen molar-refractivity contribution < 1.29 is 23.9 Å². The number of hydrogen-bond acceptors (Lipinski definition) is 6. The minimum Gasteiger partial charge on any atom is -0.465 e. The second-order valence-corrected chi connectivity index (χ2v) is 11.6. The van der Waals surface area contributed by atoms with Crippen molar-refractivity contribution in [1.82, 2.24) is 9.80 Å². The number of likely N-dealkylation sites (tertiary alicyclic amines) is 1. The van der Waals surface area contributed by atoms with Crippen LogP contribution >= 0.6 is 0 Å². The number of rotatable bonds is 5. The molecule has 0 radical (unpaired) electrons. The summed E-state index contributed by atoms with van der Waals surface area (Å²) in [6.45, 7) is 11.1. The lowest BCUT2D eigenvalue weighted by Gasteiger charge is -2.38. The van der Waals surface area contributed by atoms with Crippen molar-refractivity contribution in [3.8, 4) is 0 Å². The smallest absolute Gasteiger partial charge is 0.410 e. The number of benzene rings is 2. The zero-order valence-electron chi connectivity index (χ0n) is 23.1. The van der Waals surface area contributed by atoms with Gasteiger partial charge >= 0.3 is 12.1 Å². The van der Waals surface area contributed by atoms with E-state index in [9.17, 15) is 14.4 Å². The van der Waals surface area contributed by atoms with E-state index in [1.165, 1.54) is 23.8 Å². The summed E-state index contributed by atoms with van der Waals surface area (Å²) >= 11 is 0. The predicted molar refractivity (Wildman–Crippen MR) is 146 cm³/mol. The highest BCUT2D eigenvalue weighted by atomic mass is 16.6. The van der Waals surface area contributed by atoms with Gasteiger partial charge in [-0.2, -0.15) is 0 Å². The summed E-state index contributed by atoms with van der Waals surface area (Å²) in [6, 6.07) is 13.8. The number of ether oxygens (including phenoxy) is 2. The summed E-state index contributed by atoms with van der Waals surface area (Å²) in [4.78, 5) is 41.3. The third-order valence-corrected chi connectivity index (χ3v) is 7.40. The number of fused-ring (bicyclic) bond motifs is 1. The molecule has 2 amide bonds. The highest BCUT2D eigenvalue weighted by molar-refractivity contribution is 5.95. The molecule has 0 spiro atoms. The van der Waals surface area contributed by atoms with E-state index >= 15 is 0 Å². The Morgan fingerprint density at radius 2 is 1.66 bits per heavy atom. The summed E-state index contributed by atoms with van der Waals surface area (Å²) in [5, 5.41) is 3.07. The number of nitrogens with one attached hydrogen (secondary N) is 1. The summed E-state index contributed by atoms with van der Waals surface area (Å²) in [5.41, 5.74) is 3.91. The molecule has 0 atom stereocenters. The van der Waals surface area contributed by atoms with Gasteiger partial charge in [0.1, 0.15) is 5.60 Å². The van der Waals surface area contributed by atoms with Crippen molar-refractivity contribution in [2.75, 3.05) is 32.1 Å². The van der Waals surface area contributed by atoms with Gasteiger partial charge in [-0.05, 0) is 81.0 Å². The molecular weight excluding hydrogens is 482 g/mol. The number of anilines is 1. The number of methoxy groups -OCH3 is 1. The molecule has 1 N–H and O–H groups in total. The van der Waals surface area contributed by atoms with E-state index in [1.807, 2.05) is 58.0 Å². The lowest BCUT2D eigenvalue weighted by molar-refractivity contribution is -0.127. The first kappa shape index (κ1) is 27.6. The number of esters is 1. The fourth-order valence-corrected chi connectivity index (χ4v) is 4.96. The van der Waals surface area contributed by atoms with Crippen LogP contribution in [0.15, 0.2) is 42.5 Å². The second kappa shape index (κ2) is 11.2. The minimum atomic E-state index is -0.536. The lowest BCUT2D eigenvalue weighted by Crippen LogP contribution is -2.48. The number of nitrogens with zero attached hydrogens (tertiary/aromatic N) is 2. The molecule has 8 heteroatoms. The fraction of sp³-hybridized carbons (Fsp3) is 0.500. The van der Waals surface area contributed by atoms with Crippen LogP contribution < -0.4 is 5.32 Å². The largest absolute Gasteiger partial charge is 0.465 e. The van der Waals surface area contributed by atoms with E-state index in [4.69, 9.17) is 9.47 Å². The summed E-state index contributed by atoms with van der Waals surface area (Å²) in [7, 11) is 1.40. The van der Waals surface area contributed by atoms with E-state index in [0.717, 1.165) is 31.7 Å². The van der Waals surface area contributed by atoms with Crippen molar-refractivity contribution in [1.29, 1.82) is 0 Å². The van der Waals surface area contributed by atoms with Gasteiger partial charge in [0.2, 0.25) is 5.91 Å². The van der Waals surface area contributed by atoms with Gasteiger partial charge in [0, 0.05) is 38.4 Å². The number of hydrogen-bond donors (Lipinski definition) is 1. The van der Waals surface area contributed by atoms with Crippen LogP contribution in [0, 0.1) is 5.41 Å². The van der Waals surface area contributed by atoms with Gasteiger partial charge in [-0.1, -0.05) is 25.1 Å². The number of carbonyl (C=O) groups is 3. The van der Waals surface area contributed by atoms with Crippen molar-refractivity contribution in [2.24, 2.45) is 5.41 Å². The monoisotopic (exact) mass is 521 g/mol. The Morgan fingerprint density at radius 3 is 2.29 bits per heavy atom. The Bertz CT molecular complexity index is 1180. The fourth-order valence-electron chi connectivity index (χ4n) is 4.96. The average molecular weight is 522 g/mol. The highest BCUT2D eigenvalue weighted by Crippen LogP contribution is 2.33. The molecule has 8 nitrogen and oxygen atoms in total. The Morgan fingerprint density at radius 1 is 0.974 bits per heavy atom. The van der Waals surface area contributed by atoms with E-state index in [2.05, 4.69) is 22.3 Å². The first-order valence-corrected chi connectivity index (χ1v) is 13.3. The molecule has 0 aromatic heterocycles. The first-order chi connectivity index (χ1) is 18.0. The SMILES string of the molecule is COC(=O)c1ccc2c(c1)CCN(Cc1ccc(NC(=O)C3(C)CCN(C(=O)OC(C)(C)C)CC3)cc1)C2. The molecular formula is C30H39N3O5. The van der Waals surface area contributed by atoms with E-state index in [0.29, 0.717) is 31.5 Å². The summed E-state index contributed by atoms with van der Waals surface area (Å²) < 4.78 is 10.3. The Labute approximate surface area is 225 Å². The molecule has 0 saturated carbocycles. The maximum absolute atomic E-state index is 13.1. The maximum Gasteiger partial charge on any atom is 0.410 e. The van der Waals surface area contributed by atoms with Crippen LogP contribution in [0.3, 0.4) is 0 Å². The molecule has 1 saturated heterocycles. The predicted octanol–water partition coefficient (Wildman–Crippen LogP) is 5.01. The second-order valence-electron chi connectivity index (χ2n) is 11.6. The van der Waals surface area contributed by atoms with Crippen molar-refractivity contribution >= 4 is 23.7 Å². The molecule has 2 aliphatic heterocycles. The third-order valence-electron chi connectivity index (χ3n) is 7.40. The molecule has 2 heterocycles. The molecule has 204 valence electrons. The van der Waals surface area contributed by atoms with Crippen molar-refractivity contribution in [2.45, 2.75) is 65.6 Å². The van der Waals surface area contributed by atoms with Gasteiger partial charge in [0.05, 0.1) is 18.1 Å². The highest BCUT2D eigenvalue weighted by Gasteiger charge is 2.39. The van der Waals surface area contributed by atoms with Crippen molar-refractivity contribution in [3.05, 3.63) is 64.7 Å². The van der Waals surface area contributed by atoms with Gasteiger partial charge in [-0.3, -0.25) is 9.69 Å². The molecule has 1 fully saturated rings. The normalized spacial score (nSPS) is 17.3. The van der Waals surface area contributed by atoms with Crippen LogP contribution in [0.5, 0.6) is 0 Å². The lowest BCUT2D eigenvalue weighted by atomic mass is 9.79. The zero-order valence-corrected chi connectivity index (χ0v) is 23.1. The Balaban J connectivity index is 1.28. The van der Waals surface area contributed by atoms with Crippen LogP contribution in [0.1, 0.15) is 67.6 Å². The number of piperidine rings is 1. The van der Waals surface area contributed by atoms with Crippen molar-refractivity contribution in [3.63, 3.8) is 0 Å².